The van der Waals surface area contributed by atoms with Crippen molar-refractivity contribution >= 4 is 11.9 Å². The second-order valence-corrected chi connectivity index (χ2v) is 3.05. The molecule has 0 aromatic carbocycles. The van der Waals surface area contributed by atoms with E-state index in [-0.39, 0.29) is 11.6 Å². The number of esters is 1. The molecule has 0 saturated carbocycles. The summed E-state index contributed by atoms with van der Waals surface area (Å²) in [6, 6.07) is 1.47. The smallest absolute Gasteiger partial charge is 0.357 e. The maximum Gasteiger partial charge on any atom is 0.357 e. The maximum atomic E-state index is 11.4. The molecule has 0 radical (unpaired) electrons. The summed E-state index contributed by atoms with van der Waals surface area (Å²) in [6.45, 7) is 5.29. The Morgan fingerprint density at radius 2 is 2.50 bits per heavy atom. The molecule has 1 rings (SSSR count). The van der Waals surface area contributed by atoms with Gasteiger partial charge < -0.3 is 10.1 Å². The van der Waals surface area contributed by atoms with Crippen LogP contribution < -0.4 is 5.32 Å². The minimum atomic E-state index is -0.851. The van der Waals surface area contributed by atoms with E-state index < -0.39 is 12.1 Å². The van der Waals surface area contributed by atoms with E-state index in [1.807, 2.05) is 0 Å². The Kier molecular flexibility index (Phi) is 4.26. The lowest BCUT2D eigenvalue weighted by Gasteiger charge is -2.11. The Balaban J connectivity index is 2.45. The predicted octanol–water partition coefficient (Wildman–Crippen LogP) is 0.257. The van der Waals surface area contributed by atoms with Crippen molar-refractivity contribution in [2.45, 2.75) is 13.0 Å². The number of carbonyl (C=O) groups is 2. The molecule has 86 valence electrons. The third-order valence-electron chi connectivity index (χ3n) is 1.79. The maximum absolute atomic E-state index is 11.4. The fraction of sp³-hybridized carbons (Fsp3) is 0.300. The highest BCUT2D eigenvalue weighted by Gasteiger charge is 2.18. The van der Waals surface area contributed by atoms with Crippen LogP contribution in [0.4, 0.5) is 0 Å². The molecule has 1 atom stereocenters. The van der Waals surface area contributed by atoms with Crippen molar-refractivity contribution in [2.75, 3.05) is 6.54 Å². The molecule has 16 heavy (non-hydrogen) atoms. The van der Waals surface area contributed by atoms with Crippen molar-refractivity contribution in [1.82, 2.24) is 15.5 Å². The van der Waals surface area contributed by atoms with Gasteiger partial charge in [-0.05, 0) is 13.0 Å². The number of carbonyl (C=O) groups excluding carboxylic acids is 2. The van der Waals surface area contributed by atoms with Crippen molar-refractivity contribution in [3.8, 4) is 0 Å². The first kappa shape index (κ1) is 12.0. The molecule has 6 heteroatoms. The molecule has 6 nitrogen and oxygen atoms in total. The van der Waals surface area contributed by atoms with Crippen LogP contribution in [-0.4, -0.2) is 34.7 Å². The van der Waals surface area contributed by atoms with Gasteiger partial charge in [0.2, 0.25) is 0 Å². The molecule has 1 amide bonds. The van der Waals surface area contributed by atoms with Gasteiger partial charge in [0, 0.05) is 12.7 Å². The van der Waals surface area contributed by atoms with Crippen LogP contribution in [0.25, 0.3) is 0 Å². The van der Waals surface area contributed by atoms with Gasteiger partial charge >= 0.3 is 5.97 Å². The monoisotopic (exact) mass is 223 g/mol. The first-order valence-electron chi connectivity index (χ1n) is 4.74. The Bertz CT molecular complexity index is 373. The number of nitrogens with zero attached hydrogens (tertiary/aromatic N) is 1. The van der Waals surface area contributed by atoms with E-state index in [4.69, 9.17) is 4.74 Å². The molecule has 1 aromatic rings. The van der Waals surface area contributed by atoms with Crippen molar-refractivity contribution in [3.05, 3.63) is 30.6 Å². The molecular formula is C10H13N3O3. The fourth-order valence-corrected chi connectivity index (χ4v) is 0.964. The van der Waals surface area contributed by atoms with Gasteiger partial charge in [0.05, 0.1) is 0 Å². The van der Waals surface area contributed by atoms with E-state index in [9.17, 15) is 9.59 Å². The van der Waals surface area contributed by atoms with Gasteiger partial charge in [-0.15, -0.1) is 6.58 Å². The highest BCUT2D eigenvalue weighted by atomic mass is 16.5. The molecule has 1 unspecified atom stereocenters. The van der Waals surface area contributed by atoms with Crippen molar-refractivity contribution in [1.29, 1.82) is 0 Å². The van der Waals surface area contributed by atoms with Crippen LogP contribution in [0.3, 0.4) is 0 Å². The molecule has 0 fully saturated rings. The standard InChI is InChI=1S/C10H13N3O3/c1-3-5-11-9(14)7(2)16-10(15)8-4-6-12-13-8/h3-4,6-7H,1,5H2,2H3,(H,11,14)(H,12,13). The van der Waals surface area contributed by atoms with Crippen LogP contribution in [0.1, 0.15) is 17.4 Å². The van der Waals surface area contributed by atoms with Gasteiger partial charge in [0.25, 0.3) is 5.91 Å². The molecule has 2 N–H and O–H groups in total. The molecule has 0 aliphatic rings. The third-order valence-corrected chi connectivity index (χ3v) is 1.79. The summed E-state index contributed by atoms with van der Waals surface area (Å²) >= 11 is 0. The third kappa shape index (κ3) is 3.23. The predicted molar refractivity (Wildman–Crippen MR) is 56.7 cm³/mol. The Morgan fingerprint density at radius 1 is 1.75 bits per heavy atom. The van der Waals surface area contributed by atoms with Crippen LogP contribution in [0.2, 0.25) is 0 Å². The number of amides is 1. The Morgan fingerprint density at radius 3 is 3.06 bits per heavy atom. The number of aromatic amines is 1. The Labute approximate surface area is 92.7 Å². The second kappa shape index (κ2) is 5.69. The Hall–Kier alpha value is -2.11. The van der Waals surface area contributed by atoms with Gasteiger partial charge in [0.1, 0.15) is 5.69 Å². The lowest BCUT2D eigenvalue weighted by atomic mass is 10.3. The summed E-state index contributed by atoms with van der Waals surface area (Å²) in [5.41, 5.74) is 0.211. The molecule has 0 aliphatic carbocycles. The van der Waals surface area contributed by atoms with Crippen LogP contribution in [0, 0.1) is 0 Å². The zero-order valence-corrected chi connectivity index (χ0v) is 8.90. The number of hydrogen-bond donors (Lipinski definition) is 2. The number of H-pyrrole nitrogens is 1. The molecule has 0 spiro atoms. The van der Waals surface area contributed by atoms with Crippen molar-refractivity contribution in [2.24, 2.45) is 0 Å². The number of hydrogen-bond acceptors (Lipinski definition) is 4. The summed E-state index contributed by atoms with van der Waals surface area (Å²) in [6.07, 6.45) is 2.12. The molecule has 0 saturated heterocycles. The van der Waals surface area contributed by atoms with Crippen LogP contribution >= 0.6 is 0 Å². The molecular weight excluding hydrogens is 210 g/mol. The molecule has 0 bridgehead atoms. The van der Waals surface area contributed by atoms with Gasteiger partial charge in [0.15, 0.2) is 6.10 Å². The summed E-state index contributed by atoms with van der Waals surface area (Å²) in [4.78, 5) is 22.7. The zero-order valence-electron chi connectivity index (χ0n) is 8.90. The summed E-state index contributed by atoms with van der Waals surface area (Å²) in [5, 5.41) is 8.58. The van der Waals surface area contributed by atoms with E-state index >= 15 is 0 Å². The average Bonchev–Trinajstić information content (AvgIpc) is 2.79. The highest BCUT2D eigenvalue weighted by molar-refractivity contribution is 5.90. The topological polar surface area (TPSA) is 84.1 Å². The first-order chi connectivity index (χ1) is 7.65. The van der Waals surface area contributed by atoms with Gasteiger partial charge in [-0.3, -0.25) is 9.89 Å². The highest BCUT2D eigenvalue weighted by Crippen LogP contribution is 1.99. The van der Waals surface area contributed by atoms with E-state index in [0.29, 0.717) is 6.54 Å². The lowest BCUT2D eigenvalue weighted by molar-refractivity contribution is -0.128. The second-order valence-electron chi connectivity index (χ2n) is 3.05. The number of nitrogens with one attached hydrogen (secondary N) is 2. The van der Waals surface area contributed by atoms with Gasteiger partial charge in [-0.1, -0.05) is 6.08 Å². The van der Waals surface area contributed by atoms with Gasteiger partial charge in [-0.2, -0.15) is 5.10 Å². The van der Waals surface area contributed by atoms with Gasteiger partial charge in [-0.25, -0.2) is 4.79 Å². The minimum absolute atomic E-state index is 0.211. The van der Waals surface area contributed by atoms with Crippen molar-refractivity contribution in [3.63, 3.8) is 0 Å². The van der Waals surface area contributed by atoms with Crippen LogP contribution in [0.15, 0.2) is 24.9 Å². The SMILES string of the molecule is C=CCNC(=O)C(C)OC(=O)c1ccn[nH]1. The van der Waals surface area contributed by atoms with E-state index in [0.717, 1.165) is 0 Å². The van der Waals surface area contributed by atoms with E-state index in [1.165, 1.54) is 19.2 Å². The largest absolute Gasteiger partial charge is 0.448 e. The van der Waals surface area contributed by atoms with E-state index in [1.54, 1.807) is 6.08 Å². The summed E-state index contributed by atoms with van der Waals surface area (Å²) in [7, 11) is 0. The van der Waals surface area contributed by atoms with Crippen molar-refractivity contribution < 1.29 is 14.3 Å². The van der Waals surface area contributed by atoms with Crippen LogP contribution in [-0.2, 0) is 9.53 Å². The quantitative estimate of drug-likeness (QED) is 0.554. The zero-order chi connectivity index (χ0) is 12.0. The summed E-state index contributed by atoms with van der Waals surface area (Å²) < 4.78 is 4.90. The normalized spacial score (nSPS) is 11.6. The molecule has 0 aliphatic heterocycles. The molecule has 1 aromatic heterocycles. The number of rotatable bonds is 5. The average molecular weight is 223 g/mol. The number of aromatic nitrogens is 2. The number of ether oxygens (including phenoxy) is 1. The van der Waals surface area contributed by atoms with E-state index in [2.05, 4.69) is 22.1 Å². The minimum Gasteiger partial charge on any atom is -0.448 e. The lowest BCUT2D eigenvalue weighted by Crippen LogP contribution is -2.35. The fourth-order valence-electron chi connectivity index (χ4n) is 0.964. The molecule has 1 heterocycles. The summed E-state index contributed by atoms with van der Waals surface area (Å²) in [5.74, 6) is -0.980. The van der Waals surface area contributed by atoms with Crippen LogP contribution in [0.5, 0.6) is 0 Å². The first-order valence-corrected chi connectivity index (χ1v) is 4.74.